The molecule has 1 spiro atoms. The highest BCUT2D eigenvalue weighted by Crippen LogP contribution is 2.87. The third kappa shape index (κ3) is 2.32. The van der Waals surface area contributed by atoms with Gasteiger partial charge in [0.15, 0.2) is 17.3 Å². The summed E-state index contributed by atoms with van der Waals surface area (Å²) in [5.41, 5.74) is -3.14. The molecule has 7 atom stereocenters. The lowest BCUT2D eigenvalue weighted by molar-refractivity contribution is -0.240. The lowest BCUT2D eigenvalue weighted by Gasteiger charge is -2.68. The fraction of sp³-hybridized carbons (Fsp3) is 0.606. The summed E-state index contributed by atoms with van der Waals surface area (Å²) < 4.78 is 0. The number of Topliss-reactive ketones (excluding diaryl/α,β-unsaturated/α-hetero) is 3. The third-order valence-electron chi connectivity index (χ3n) is 11.8. The van der Waals surface area contributed by atoms with Crippen molar-refractivity contribution in [1.29, 1.82) is 0 Å². The summed E-state index contributed by atoms with van der Waals surface area (Å²) in [6.07, 6.45) is 6.54. The summed E-state index contributed by atoms with van der Waals surface area (Å²) in [4.78, 5) is 44.7. The van der Waals surface area contributed by atoms with E-state index in [1.165, 1.54) is 5.57 Å². The third-order valence-corrected chi connectivity index (χ3v) is 11.8. The second-order valence-corrected chi connectivity index (χ2v) is 14.2. The van der Waals surface area contributed by atoms with Crippen molar-refractivity contribution in [2.45, 2.75) is 91.6 Å². The van der Waals surface area contributed by atoms with Crippen molar-refractivity contribution in [3.63, 3.8) is 0 Å². The molecule has 0 radical (unpaired) electrons. The van der Waals surface area contributed by atoms with Crippen LogP contribution < -0.4 is 0 Å². The lowest BCUT2D eigenvalue weighted by Crippen LogP contribution is -2.82. The molecule has 6 aliphatic rings. The highest BCUT2D eigenvalue weighted by molar-refractivity contribution is 6.29. The molecule has 0 amide bonds. The molecule has 196 valence electrons. The van der Waals surface area contributed by atoms with E-state index in [1.54, 1.807) is 0 Å². The standard InChI is InChI=1S/C33H40O4/c1-19(2)12-13-21-16-31-17-24-28(5,6)23-11-9-8-10-22(23)25(34)32(24)27(36)30(26(31)35,15-14-20(3)4)18-29(21,7)33(31,32)37/h8-12,14,21,24,37H,13,15-18H2,1-7H3/t21-,24-,29+,30-,31+,32-,33-/m1/s1. The summed E-state index contributed by atoms with van der Waals surface area (Å²) in [5, 5.41) is 13.3. The van der Waals surface area contributed by atoms with Gasteiger partial charge in [-0.1, -0.05) is 68.3 Å². The first-order valence-corrected chi connectivity index (χ1v) is 13.9. The molecule has 0 unspecified atom stereocenters. The fourth-order valence-electron chi connectivity index (χ4n) is 10.3. The van der Waals surface area contributed by atoms with Crippen LogP contribution in [-0.4, -0.2) is 28.1 Å². The van der Waals surface area contributed by atoms with Gasteiger partial charge in [-0.05, 0) is 82.6 Å². The SMILES string of the molecule is CC(C)=CC[C@@H]1C[C@@]23C[C@@H]4C(C)(C)c5ccccc5C(=O)[C@@]45C(=O)[C@](CC=C(C)C)(C[C@]1(C)[C@@]25O)C3=O. The molecular weight excluding hydrogens is 460 g/mol. The van der Waals surface area contributed by atoms with Gasteiger partial charge in [-0.25, -0.2) is 0 Å². The molecule has 4 heteroatoms. The lowest BCUT2D eigenvalue weighted by atomic mass is 9.33. The first-order chi connectivity index (χ1) is 17.2. The number of fused-ring (bicyclic) bond motifs is 1. The molecule has 4 nitrogen and oxygen atoms in total. The molecule has 1 N–H and O–H groups in total. The molecule has 1 aromatic carbocycles. The molecule has 0 aliphatic heterocycles. The zero-order chi connectivity index (χ0) is 27.0. The van der Waals surface area contributed by atoms with Crippen LogP contribution in [0.25, 0.3) is 0 Å². The van der Waals surface area contributed by atoms with Crippen LogP contribution in [0.15, 0.2) is 47.6 Å². The second-order valence-electron chi connectivity index (χ2n) is 14.2. The quantitative estimate of drug-likeness (QED) is 0.397. The molecule has 5 bridgehead atoms. The van der Waals surface area contributed by atoms with Crippen LogP contribution in [0, 0.1) is 33.5 Å². The molecule has 37 heavy (non-hydrogen) atoms. The van der Waals surface area contributed by atoms with Gasteiger partial charge < -0.3 is 5.11 Å². The van der Waals surface area contributed by atoms with Crippen LogP contribution in [-0.2, 0) is 15.0 Å². The summed E-state index contributed by atoms with van der Waals surface area (Å²) in [6.45, 7) is 14.4. The van der Waals surface area contributed by atoms with Crippen LogP contribution in [0.5, 0.6) is 0 Å². The van der Waals surface area contributed by atoms with Gasteiger partial charge >= 0.3 is 0 Å². The van der Waals surface area contributed by atoms with E-state index in [1.807, 2.05) is 44.2 Å². The zero-order valence-electron chi connectivity index (χ0n) is 23.3. The van der Waals surface area contributed by atoms with Crippen molar-refractivity contribution < 1.29 is 19.5 Å². The number of aliphatic hydroxyl groups is 1. The molecule has 1 aromatic rings. The van der Waals surface area contributed by atoms with E-state index in [0.717, 1.165) is 17.6 Å². The number of hydrogen-bond acceptors (Lipinski definition) is 4. The van der Waals surface area contributed by atoms with Crippen molar-refractivity contribution in [1.82, 2.24) is 0 Å². The van der Waals surface area contributed by atoms with Crippen LogP contribution in [0.1, 0.15) is 96.5 Å². The number of rotatable bonds is 4. The van der Waals surface area contributed by atoms with Crippen molar-refractivity contribution in [2.75, 3.05) is 0 Å². The number of carbonyl (C=O) groups excluding carboxylic acids is 3. The zero-order valence-corrected chi connectivity index (χ0v) is 23.3. The van der Waals surface area contributed by atoms with Gasteiger partial charge in [0.1, 0.15) is 11.0 Å². The topological polar surface area (TPSA) is 71.4 Å². The van der Waals surface area contributed by atoms with Crippen molar-refractivity contribution in [3.8, 4) is 0 Å². The van der Waals surface area contributed by atoms with Gasteiger partial charge in [0.05, 0.1) is 10.8 Å². The summed E-state index contributed by atoms with van der Waals surface area (Å²) in [5.74, 6) is -1.01. The molecule has 0 heterocycles. The Kier molecular flexibility index (Phi) is 4.72. The number of allylic oxidation sites excluding steroid dienone is 4. The Bertz CT molecular complexity index is 1340. The Morgan fingerprint density at radius 2 is 1.59 bits per heavy atom. The van der Waals surface area contributed by atoms with E-state index in [-0.39, 0.29) is 23.3 Å². The maximum atomic E-state index is 15.0. The Morgan fingerprint density at radius 3 is 2.24 bits per heavy atom. The Labute approximate surface area is 220 Å². The summed E-state index contributed by atoms with van der Waals surface area (Å²) >= 11 is 0. The van der Waals surface area contributed by atoms with Crippen LogP contribution in [0.3, 0.4) is 0 Å². The first kappa shape index (κ1) is 25.0. The van der Waals surface area contributed by atoms with Gasteiger partial charge in [0, 0.05) is 11.0 Å². The molecule has 5 fully saturated rings. The van der Waals surface area contributed by atoms with E-state index >= 15 is 4.79 Å². The molecule has 0 aromatic heterocycles. The summed E-state index contributed by atoms with van der Waals surface area (Å²) in [6, 6.07) is 7.61. The molecule has 7 rings (SSSR count). The normalized spacial score (nSPS) is 43.9. The number of ketones is 3. The van der Waals surface area contributed by atoms with E-state index < -0.39 is 38.6 Å². The smallest absolute Gasteiger partial charge is 0.180 e. The Morgan fingerprint density at radius 1 is 0.946 bits per heavy atom. The highest BCUT2D eigenvalue weighted by Gasteiger charge is 2.97. The van der Waals surface area contributed by atoms with Crippen LogP contribution in [0.2, 0.25) is 0 Å². The van der Waals surface area contributed by atoms with Gasteiger partial charge in [-0.2, -0.15) is 0 Å². The molecule has 5 saturated carbocycles. The largest absolute Gasteiger partial charge is 0.387 e. The average Bonchev–Trinajstić information content (AvgIpc) is 3.15. The Hall–Kier alpha value is -2.33. The van der Waals surface area contributed by atoms with Gasteiger partial charge in [-0.3, -0.25) is 14.4 Å². The second kappa shape index (κ2) is 7.00. The monoisotopic (exact) mass is 500 g/mol. The highest BCUT2D eigenvalue weighted by atomic mass is 16.3. The maximum Gasteiger partial charge on any atom is 0.180 e. The first-order valence-electron chi connectivity index (χ1n) is 13.9. The molecule has 0 saturated heterocycles. The minimum atomic E-state index is -1.68. The van der Waals surface area contributed by atoms with Crippen LogP contribution in [0.4, 0.5) is 0 Å². The predicted octanol–water partition coefficient (Wildman–Crippen LogP) is 6.17. The van der Waals surface area contributed by atoms with E-state index in [2.05, 4.69) is 40.7 Å². The minimum absolute atomic E-state index is 0.0314. The van der Waals surface area contributed by atoms with Gasteiger partial charge in [0.2, 0.25) is 0 Å². The van der Waals surface area contributed by atoms with Gasteiger partial charge in [-0.15, -0.1) is 0 Å². The van der Waals surface area contributed by atoms with Crippen molar-refractivity contribution in [3.05, 3.63) is 58.7 Å². The molecule has 6 aliphatic carbocycles. The Balaban J connectivity index is 1.71. The number of carbonyl (C=O) groups is 3. The van der Waals surface area contributed by atoms with Crippen molar-refractivity contribution in [2.24, 2.45) is 33.5 Å². The van der Waals surface area contributed by atoms with Gasteiger partial charge in [0.25, 0.3) is 0 Å². The average molecular weight is 501 g/mol. The number of hydrogen-bond donors (Lipinski definition) is 1. The minimum Gasteiger partial charge on any atom is -0.387 e. The number of benzene rings is 1. The summed E-state index contributed by atoms with van der Waals surface area (Å²) in [7, 11) is 0. The predicted molar refractivity (Wildman–Crippen MR) is 143 cm³/mol. The maximum absolute atomic E-state index is 15.0. The fourth-order valence-corrected chi connectivity index (χ4v) is 10.3. The van der Waals surface area contributed by atoms with E-state index in [9.17, 15) is 14.7 Å². The van der Waals surface area contributed by atoms with Crippen LogP contribution >= 0.6 is 0 Å². The molecular formula is C33H40O4. The van der Waals surface area contributed by atoms with E-state index in [4.69, 9.17) is 0 Å². The van der Waals surface area contributed by atoms with E-state index in [0.29, 0.717) is 31.2 Å². The van der Waals surface area contributed by atoms with Crippen molar-refractivity contribution >= 4 is 17.3 Å².